The Labute approximate surface area is 104 Å². The van der Waals surface area contributed by atoms with Crippen LogP contribution in [0.3, 0.4) is 0 Å². The number of benzene rings is 2. The molecule has 2 aromatic rings. The lowest BCUT2D eigenvalue weighted by molar-refractivity contribution is 0.414. The van der Waals surface area contributed by atoms with Gasteiger partial charge in [0.1, 0.15) is 17.3 Å². The molecule has 90 valence electrons. The molecule has 0 atom stereocenters. The molecule has 0 radical (unpaired) electrons. The van der Waals surface area contributed by atoms with Crippen LogP contribution in [0.25, 0.3) is 11.1 Å². The zero-order chi connectivity index (χ0) is 13.1. The molecule has 0 aliphatic heterocycles. The molecule has 0 saturated carbocycles. The maximum absolute atomic E-state index is 13.7. The minimum Gasteiger partial charge on any atom is -0.508 e. The Morgan fingerprint density at radius 3 is 2.67 bits per heavy atom. The fourth-order valence-corrected chi connectivity index (χ4v) is 1.68. The molecular formula is C14H10FNO2. The van der Waals surface area contributed by atoms with Gasteiger partial charge in [-0.15, -0.1) is 0 Å². The van der Waals surface area contributed by atoms with Crippen LogP contribution in [0, 0.1) is 17.1 Å². The summed E-state index contributed by atoms with van der Waals surface area (Å²) < 4.78 is 18.8. The highest BCUT2D eigenvalue weighted by Crippen LogP contribution is 2.30. The third-order valence-corrected chi connectivity index (χ3v) is 2.53. The lowest BCUT2D eigenvalue weighted by Crippen LogP contribution is -1.89. The van der Waals surface area contributed by atoms with Gasteiger partial charge in [-0.3, -0.25) is 0 Å². The molecule has 0 aromatic heterocycles. The number of hydrogen-bond acceptors (Lipinski definition) is 3. The molecule has 0 saturated heterocycles. The third kappa shape index (κ3) is 2.25. The van der Waals surface area contributed by atoms with Crippen molar-refractivity contribution in [1.29, 1.82) is 5.26 Å². The van der Waals surface area contributed by atoms with Crippen molar-refractivity contribution in [3.8, 4) is 28.7 Å². The zero-order valence-electron chi connectivity index (χ0n) is 9.64. The van der Waals surface area contributed by atoms with Gasteiger partial charge in [0.2, 0.25) is 0 Å². The van der Waals surface area contributed by atoms with Gasteiger partial charge < -0.3 is 9.84 Å². The highest BCUT2D eigenvalue weighted by atomic mass is 19.1. The number of rotatable bonds is 2. The van der Waals surface area contributed by atoms with E-state index in [9.17, 15) is 9.50 Å². The van der Waals surface area contributed by atoms with Crippen LogP contribution in [0.4, 0.5) is 4.39 Å². The molecule has 2 rings (SSSR count). The Bertz CT molecular complexity index is 632. The van der Waals surface area contributed by atoms with Crippen molar-refractivity contribution < 1.29 is 14.2 Å². The molecule has 0 aliphatic rings. The van der Waals surface area contributed by atoms with Crippen molar-refractivity contribution in [3.05, 3.63) is 47.8 Å². The van der Waals surface area contributed by atoms with E-state index >= 15 is 0 Å². The summed E-state index contributed by atoms with van der Waals surface area (Å²) >= 11 is 0. The van der Waals surface area contributed by atoms with Gasteiger partial charge in [-0.25, -0.2) is 4.39 Å². The van der Waals surface area contributed by atoms with Gasteiger partial charge in [0, 0.05) is 5.56 Å². The van der Waals surface area contributed by atoms with Crippen molar-refractivity contribution >= 4 is 0 Å². The number of nitrogens with zero attached hydrogens (tertiary/aromatic N) is 1. The second-order valence-electron chi connectivity index (χ2n) is 3.73. The van der Waals surface area contributed by atoms with E-state index in [0.29, 0.717) is 11.3 Å². The second-order valence-corrected chi connectivity index (χ2v) is 3.73. The molecular weight excluding hydrogens is 233 g/mol. The van der Waals surface area contributed by atoms with E-state index in [1.165, 1.54) is 43.5 Å². The van der Waals surface area contributed by atoms with Crippen LogP contribution >= 0.6 is 0 Å². The highest BCUT2D eigenvalue weighted by molar-refractivity contribution is 5.69. The zero-order valence-corrected chi connectivity index (χ0v) is 9.64. The molecule has 0 fully saturated rings. The monoisotopic (exact) mass is 243 g/mol. The van der Waals surface area contributed by atoms with E-state index in [1.54, 1.807) is 0 Å². The fraction of sp³-hybridized carbons (Fsp3) is 0.0714. The van der Waals surface area contributed by atoms with Crippen LogP contribution in [0.15, 0.2) is 36.4 Å². The Kier molecular flexibility index (Phi) is 3.16. The summed E-state index contributed by atoms with van der Waals surface area (Å²) in [5.74, 6) is -0.00943. The largest absolute Gasteiger partial charge is 0.508 e. The second kappa shape index (κ2) is 4.76. The fourth-order valence-electron chi connectivity index (χ4n) is 1.68. The van der Waals surface area contributed by atoms with Crippen LogP contribution in [-0.2, 0) is 0 Å². The van der Waals surface area contributed by atoms with E-state index < -0.39 is 5.82 Å². The van der Waals surface area contributed by atoms with Crippen LogP contribution < -0.4 is 4.74 Å². The first-order valence-corrected chi connectivity index (χ1v) is 5.22. The number of phenols is 1. The van der Waals surface area contributed by atoms with Gasteiger partial charge in [-0.1, -0.05) is 0 Å². The molecule has 1 N–H and O–H groups in total. The van der Waals surface area contributed by atoms with Crippen LogP contribution in [0.5, 0.6) is 11.5 Å². The van der Waals surface area contributed by atoms with E-state index in [-0.39, 0.29) is 16.9 Å². The predicted octanol–water partition coefficient (Wildman–Crippen LogP) is 3.08. The predicted molar refractivity (Wildman–Crippen MR) is 64.8 cm³/mol. The van der Waals surface area contributed by atoms with Crippen LogP contribution in [0.2, 0.25) is 0 Å². The van der Waals surface area contributed by atoms with Crippen molar-refractivity contribution in [2.45, 2.75) is 0 Å². The summed E-state index contributed by atoms with van der Waals surface area (Å²) in [6, 6.07) is 10.5. The summed E-state index contributed by atoms with van der Waals surface area (Å²) in [7, 11) is 1.49. The first kappa shape index (κ1) is 11.9. The molecule has 3 nitrogen and oxygen atoms in total. The Morgan fingerprint density at radius 1 is 1.22 bits per heavy atom. The minimum absolute atomic E-state index is 0.0775. The standard InChI is InChI=1S/C14H10FNO2/c1-18-12-2-3-14(15)13(7-12)10-4-9(8-16)5-11(17)6-10/h2-7,17H,1H3. The van der Waals surface area contributed by atoms with Crippen molar-refractivity contribution in [2.75, 3.05) is 7.11 Å². The molecule has 18 heavy (non-hydrogen) atoms. The molecule has 4 heteroatoms. The van der Waals surface area contributed by atoms with Crippen LogP contribution in [0.1, 0.15) is 5.56 Å². The van der Waals surface area contributed by atoms with E-state index in [0.717, 1.165) is 0 Å². The number of ether oxygens (including phenoxy) is 1. The van der Waals surface area contributed by atoms with E-state index in [1.807, 2.05) is 6.07 Å². The number of nitriles is 1. The van der Waals surface area contributed by atoms with Gasteiger partial charge >= 0.3 is 0 Å². The number of halogens is 1. The Morgan fingerprint density at radius 2 is 2.00 bits per heavy atom. The maximum Gasteiger partial charge on any atom is 0.131 e. The highest BCUT2D eigenvalue weighted by Gasteiger charge is 2.09. The minimum atomic E-state index is -0.440. The average molecular weight is 243 g/mol. The maximum atomic E-state index is 13.7. The molecule has 0 heterocycles. The van der Waals surface area contributed by atoms with E-state index in [4.69, 9.17) is 10.00 Å². The van der Waals surface area contributed by atoms with Gasteiger partial charge in [0.25, 0.3) is 0 Å². The number of hydrogen-bond donors (Lipinski definition) is 1. The Balaban J connectivity index is 2.61. The molecule has 0 spiro atoms. The molecule has 0 amide bonds. The first-order chi connectivity index (χ1) is 8.63. The summed E-state index contributed by atoms with van der Waals surface area (Å²) in [6.07, 6.45) is 0. The lowest BCUT2D eigenvalue weighted by atomic mass is 10.0. The lowest BCUT2D eigenvalue weighted by Gasteiger charge is -2.07. The van der Waals surface area contributed by atoms with Gasteiger partial charge in [0.15, 0.2) is 0 Å². The van der Waals surface area contributed by atoms with Crippen molar-refractivity contribution in [3.63, 3.8) is 0 Å². The van der Waals surface area contributed by atoms with E-state index in [2.05, 4.69) is 0 Å². The third-order valence-electron chi connectivity index (χ3n) is 2.53. The first-order valence-electron chi connectivity index (χ1n) is 5.22. The number of methoxy groups -OCH3 is 1. The van der Waals surface area contributed by atoms with Crippen LogP contribution in [-0.4, -0.2) is 12.2 Å². The van der Waals surface area contributed by atoms with Gasteiger partial charge in [-0.05, 0) is 42.0 Å². The Hall–Kier alpha value is -2.54. The molecule has 0 aliphatic carbocycles. The topological polar surface area (TPSA) is 53.2 Å². The average Bonchev–Trinajstić information content (AvgIpc) is 2.38. The quantitative estimate of drug-likeness (QED) is 0.881. The summed E-state index contributed by atoms with van der Waals surface area (Å²) in [5, 5.41) is 18.3. The molecule has 0 unspecified atom stereocenters. The molecule has 0 bridgehead atoms. The van der Waals surface area contributed by atoms with Crippen molar-refractivity contribution in [2.24, 2.45) is 0 Å². The summed E-state index contributed by atoms with van der Waals surface area (Å²) in [5.41, 5.74) is 0.983. The summed E-state index contributed by atoms with van der Waals surface area (Å²) in [4.78, 5) is 0. The van der Waals surface area contributed by atoms with Gasteiger partial charge in [0.05, 0.1) is 18.7 Å². The number of aromatic hydroxyl groups is 1. The van der Waals surface area contributed by atoms with Crippen molar-refractivity contribution in [1.82, 2.24) is 0 Å². The van der Waals surface area contributed by atoms with Gasteiger partial charge in [-0.2, -0.15) is 5.26 Å². The summed E-state index contributed by atoms with van der Waals surface area (Å²) in [6.45, 7) is 0. The normalized spacial score (nSPS) is 9.83. The number of phenolic OH excluding ortho intramolecular Hbond substituents is 1. The SMILES string of the molecule is COc1ccc(F)c(-c2cc(O)cc(C#N)c2)c1. The molecule has 2 aromatic carbocycles. The smallest absolute Gasteiger partial charge is 0.131 e.